The summed E-state index contributed by atoms with van der Waals surface area (Å²) in [5, 5.41) is 0. The van der Waals surface area contributed by atoms with Crippen molar-refractivity contribution in [3.63, 3.8) is 0 Å². The summed E-state index contributed by atoms with van der Waals surface area (Å²) in [6, 6.07) is 0. The fourth-order valence-corrected chi connectivity index (χ4v) is 0. The van der Waals surface area contributed by atoms with Crippen LogP contribution in [0.4, 0.5) is 0 Å². The first-order valence-electron chi connectivity index (χ1n) is 0.258. The van der Waals surface area contributed by atoms with Crippen LogP contribution in [-0.4, -0.2) is 37.3 Å². The van der Waals surface area contributed by atoms with Gasteiger partial charge in [-0.3, -0.25) is 4.89 Å². The van der Waals surface area contributed by atoms with Crippen molar-refractivity contribution in [2.75, 3.05) is 0 Å². The van der Waals surface area contributed by atoms with Gasteiger partial charge < -0.3 is 27.4 Å². The van der Waals surface area contributed by atoms with Crippen molar-refractivity contribution in [2.24, 2.45) is 0 Å². The predicted octanol–water partition coefficient (Wildman–Crippen LogP) is -4.76. The number of hydrogen-bond donors (Lipinski definition) is 0. The molecule has 0 aliphatic rings. The number of rotatable bonds is 0. The van der Waals surface area contributed by atoms with E-state index in [-0.39, 0.29) is 49.8 Å². The van der Waals surface area contributed by atoms with Gasteiger partial charge in [-0.1, -0.05) is 0 Å². The Kier molecular flexibility index (Phi) is 39200. The monoisotopic (exact) mass is 314 g/mol. The molecule has 8 heavy (non-hydrogen) atoms. The van der Waals surface area contributed by atoms with E-state index in [1.54, 1.807) is 0 Å². The third-order valence-electron chi connectivity index (χ3n) is 0. The molecule has 0 aromatic carbocycles. The van der Waals surface area contributed by atoms with Crippen molar-refractivity contribution in [1.82, 2.24) is 0 Å². The van der Waals surface area contributed by atoms with Crippen molar-refractivity contribution >= 4 is 9.88 Å². The molecule has 0 saturated heterocycles. The molecule has 8 heteroatoms. The van der Waals surface area contributed by atoms with E-state index >= 15 is 0 Å². The van der Waals surface area contributed by atoms with E-state index in [2.05, 4.69) is 0 Å². The van der Waals surface area contributed by atoms with Crippen LogP contribution in [0.2, 0.25) is 0 Å². The van der Waals surface area contributed by atoms with Crippen LogP contribution in [0.25, 0.3) is 0 Å². The van der Waals surface area contributed by atoms with Gasteiger partial charge in [-0.25, -0.2) is 0 Å². The second-order valence-electron chi connectivity index (χ2n) is 0. The SMILES string of the molecule is N#[SiH].O.O.O.O.O.[Ta]. The fraction of sp³-hybridized carbons (Fsp3) is 0. The van der Waals surface area contributed by atoms with E-state index in [1.165, 1.54) is 9.88 Å². The average Bonchev–Trinajstić information content (AvgIpc) is 1.00. The smallest absolute Gasteiger partial charge is 0.176 e. The predicted molar refractivity (Wildman–Crippen MR) is 26.9 cm³/mol. The second kappa shape index (κ2) is 1430. The molecule has 1 radical (unpaired) electrons. The standard InChI is InChI=1S/HNSi.5H2O.Ta/c1-2;;;;;;/h2H;5*1H2;. The van der Waals surface area contributed by atoms with Crippen LogP contribution in [0.1, 0.15) is 0 Å². The summed E-state index contributed by atoms with van der Waals surface area (Å²) in [7, 11) is 1.42. The molecule has 0 rings (SSSR count). The first-order chi connectivity index (χ1) is 1.00. The quantitative estimate of drug-likeness (QED) is 0.400. The van der Waals surface area contributed by atoms with Crippen LogP contribution in [0.3, 0.4) is 0 Å². The molecule has 0 amide bonds. The molecule has 0 aliphatic heterocycles. The van der Waals surface area contributed by atoms with Gasteiger partial charge in [0.2, 0.25) is 0 Å². The molecule has 0 bridgehead atoms. The summed E-state index contributed by atoms with van der Waals surface area (Å²) in [5.41, 5.74) is 0. The van der Waals surface area contributed by atoms with Gasteiger partial charge in [0.05, 0.1) is 0 Å². The van der Waals surface area contributed by atoms with Crippen LogP contribution < -0.4 is 0 Å². The second-order valence-corrected chi connectivity index (χ2v) is 0. The van der Waals surface area contributed by atoms with Gasteiger partial charge in [0, 0.05) is 22.4 Å². The molecule has 10 N–H and O–H groups in total. The van der Waals surface area contributed by atoms with Crippen molar-refractivity contribution in [3.05, 3.63) is 0 Å². The molecule has 0 saturated carbocycles. The van der Waals surface area contributed by atoms with E-state index in [0.717, 1.165) is 0 Å². The summed E-state index contributed by atoms with van der Waals surface area (Å²) < 4.78 is 0. The minimum Gasteiger partial charge on any atom is -0.412 e. The van der Waals surface area contributed by atoms with E-state index in [4.69, 9.17) is 4.89 Å². The molecule has 0 aliphatic carbocycles. The van der Waals surface area contributed by atoms with Gasteiger partial charge in [0.15, 0.2) is 9.88 Å². The Bertz CT molecular complexity index is 17.1. The van der Waals surface area contributed by atoms with Crippen molar-refractivity contribution in [1.29, 1.82) is 4.89 Å². The van der Waals surface area contributed by atoms with E-state index < -0.39 is 0 Å². The maximum atomic E-state index is 6.92. The Balaban J connectivity index is -0.000000000333. The Labute approximate surface area is 65.0 Å². The Morgan fingerprint density at radius 3 is 0.625 bits per heavy atom. The van der Waals surface area contributed by atoms with Gasteiger partial charge in [0.1, 0.15) is 0 Å². The summed E-state index contributed by atoms with van der Waals surface area (Å²) in [6.07, 6.45) is 0. The van der Waals surface area contributed by atoms with E-state index in [1.807, 2.05) is 0 Å². The topological polar surface area (TPSA) is 181 Å². The molecule has 0 atom stereocenters. The molecular weight excluding hydrogens is 303 g/mol. The van der Waals surface area contributed by atoms with Crippen molar-refractivity contribution in [2.45, 2.75) is 0 Å². The fourth-order valence-electron chi connectivity index (χ4n) is 0. The summed E-state index contributed by atoms with van der Waals surface area (Å²) in [6.45, 7) is 0. The molecular formula is H11NO5SiTa. The van der Waals surface area contributed by atoms with E-state index in [0.29, 0.717) is 0 Å². The van der Waals surface area contributed by atoms with Gasteiger partial charge in [-0.05, 0) is 0 Å². The molecule has 0 aromatic rings. The van der Waals surface area contributed by atoms with Crippen LogP contribution in [-0.2, 0) is 22.4 Å². The van der Waals surface area contributed by atoms with Crippen molar-refractivity contribution < 1.29 is 49.8 Å². The van der Waals surface area contributed by atoms with Gasteiger partial charge >= 0.3 is 0 Å². The maximum Gasteiger partial charge on any atom is 0.176 e. The van der Waals surface area contributed by atoms with Gasteiger partial charge in [0.25, 0.3) is 0 Å². The van der Waals surface area contributed by atoms with Gasteiger partial charge in [-0.2, -0.15) is 0 Å². The molecule has 0 fully saturated rings. The normalized spacial score (nSPS) is 0.250. The first-order valence-corrected chi connectivity index (χ1v) is 0.775. The summed E-state index contributed by atoms with van der Waals surface area (Å²) in [4.78, 5) is 6.92. The summed E-state index contributed by atoms with van der Waals surface area (Å²) >= 11 is 0. The van der Waals surface area contributed by atoms with Crippen LogP contribution >= 0.6 is 0 Å². The number of hydrogen-bond acceptors (Lipinski definition) is 1. The van der Waals surface area contributed by atoms with E-state index in [9.17, 15) is 0 Å². The molecule has 6 nitrogen and oxygen atoms in total. The summed E-state index contributed by atoms with van der Waals surface area (Å²) in [5.74, 6) is 0. The third-order valence-corrected chi connectivity index (χ3v) is 0. The zero-order valence-corrected chi connectivity index (χ0v) is 8.34. The third kappa shape index (κ3) is 886. The Hall–Kier alpha value is 0.467. The van der Waals surface area contributed by atoms with Crippen LogP contribution in [0, 0.1) is 4.89 Å². The first kappa shape index (κ1) is 219. The Morgan fingerprint density at radius 1 is 0.625 bits per heavy atom. The average molecular weight is 314 g/mol. The molecule has 0 aromatic heterocycles. The van der Waals surface area contributed by atoms with Crippen LogP contribution in [0.15, 0.2) is 0 Å². The van der Waals surface area contributed by atoms with Crippen LogP contribution in [0.5, 0.6) is 0 Å². The molecule has 0 heterocycles. The minimum atomic E-state index is 0. The maximum absolute atomic E-state index is 6.92. The molecule has 0 spiro atoms. The molecule has 0 unspecified atom stereocenters. The Morgan fingerprint density at radius 2 is 0.625 bits per heavy atom. The van der Waals surface area contributed by atoms with Gasteiger partial charge in [-0.15, -0.1) is 0 Å². The zero-order chi connectivity index (χ0) is 2.00. The zero-order valence-electron chi connectivity index (χ0n) is 3.97. The largest absolute Gasteiger partial charge is 0.412 e. The minimum absolute atomic E-state index is 0. The number of nitrogens with zero attached hydrogens (tertiary/aromatic N) is 1. The molecule has 55 valence electrons. The van der Waals surface area contributed by atoms with Crippen molar-refractivity contribution in [3.8, 4) is 0 Å².